The summed E-state index contributed by atoms with van der Waals surface area (Å²) in [6.45, 7) is 4.82. The van der Waals surface area contributed by atoms with Gasteiger partial charge in [-0.25, -0.2) is 0 Å². The predicted octanol–water partition coefficient (Wildman–Crippen LogP) is 3.16. The summed E-state index contributed by atoms with van der Waals surface area (Å²) in [7, 11) is 0. The van der Waals surface area contributed by atoms with Crippen LogP contribution in [-0.4, -0.2) is 41.6 Å². The molecule has 0 amide bonds. The maximum atomic E-state index is 12.7. The monoisotopic (exact) mass is 416 g/mol. The summed E-state index contributed by atoms with van der Waals surface area (Å²) in [5.74, 6) is -5.34. The topological polar surface area (TPSA) is 89.9 Å². The van der Waals surface area contributed by atoms with Gasteiger partial charge in [0.25, 0.3) is 0 Å². The maximum Gasteiger partial charge on any atom is 0.317 e. The van der Waals surface area contributed by atoms with Crippen molar-refractivity contribution in [2.75, 3.05) is 13.2 Å². The van der Waals surface area contributed by atoms with Gasteiger partial charge in [0.2, 0.25) is 0 Å². The SMILES string of the molecule is CCOC(=O)[C@H]1C(=O)C[C@@](C)(O)[C@@H](C(=O)OCC)[C@@H]1c1ccc(Cl)c(Cl)c1. The molecule has 1 N–H and O–H groups in total. The molecule has 0 aromatic heterocycles. The summed E-state index contributed by atoms with van der Waals surface area (Å²) >= 11 is 12.1. The van der Waals surface area contributed by atoms with Gasteiger partial charge in [-0.2, -0.15) is 0 Å². The molecule has 1 fully saturated rings. The number of hydrogen-bond acceptors (Lipinski definition) is 6. The van der Waals surface area contributed by atoms with Crippen molar-refractivity contribution < 1.29 is 29.0 Å². The van der Waals surface area contributed by atoms with Gasteiger partial charge in [0.15, 0.2) is 5.78 Å². The zero-order valence-electron chi connectivity index (χ0n) is 15.3. The molecule has 0 heterocycles. The highest BCUT2D eigenvalue weighted by molar-refractivity contribution is 6.42. The molecular weight excluding hydrogens is 395 g/mol. The van der Waals surface area contributed by atoms with E-state index in [1.54, 1.807) is 19.9 Å². The lowest BCUT2D eigenvalue weighted by molar-refractivity contribution is -0.172. The number of ketones is 1. The van der Waals surface area contributed by atoms with Gasteiger partial charge in [-0.3, -0.25) is 14.4 Å². The fourth-order valence-electron chi connectivity index (χ4n) is 3.60. The molecule has 6 nitrogen and oxygen atoms in total. The minimum absolute atomic E-state index is 0.0805. The van der Waals surface area contributed by atoms with Crippen LogP contribution in [0.15, 0.2) is 18.2 Å². The van der Waals surface area contributed by atoms with Crippen LogP contribution in [0.1, 0.15) is 38.7 Å². The van der Waals surface area contributed by atoms with Gasteiger partial charge < -0.3 is 14.6 Å². The first kappa shape index (κ1) is 21.7. The van der Waals surface area contributed by atoms with Gasteiger partial charge >= 0.3 is 11.9 Å². The standard InChI is InChI=1S/C19H22Cl2O6/c1-4-26-17(23)15-13(22)9-19(3,25)16(18(24)27-5-2)14(15)10-6-7-11(20)12(21)8-10/h6-8,14-16,25H,4-5,9H2,1-3H3/t14-,15+,16-,19-/m1/s1. The van der Waals surface area contributed by atoms with Crippen molar-refractivity contribution in [2.24, 2.45) is 11.8 Å². The summed E-state index contributed by atoms with van der Waals surface area (Å²) in [6, 6.07) is 4.57. The van der Waals surface area contributed by atoms with Gasteiger partial charge in [-0.05, 0) is 38.5 Å². The Balaban J connectivity index is 2.64. The number of carbonyl (C=O) groups is 3. The van der Waals surface area contributed by atoms with E-state index < -0.39 is 41.1 Å². The molecule has 148 valence electrons. The van der Waals surface area contributed by atoms with Crippen molar-refractivity contribution in [2.45, 2.75) is 38.7 Å². The Morgan fingerprint density at radius 1 is 1.15 bits per heavy atom. The van der Waals surface area contributed by atoms with Crippen LogP contribution in [0.4, 0.5) is 0 Å². The molecule has 1 aliphatic rings. The van der Waals surface area contributed by atoms with Crippen LogP contribution in [0.3, 0.4) is 0 Å². The summed E-state index contributed by atoms with van der Waals surface area (Å²) in [4.78, 5) is 37.9. The fourth-order valence-corrected chi connectivity index (χ4v) is 3.91. The van der Waals surface area contributed by atoms with Crippen LogP contribution in [0, 0.1) is 11.8 Å². The number of esters is 2. The molecule has 0 spiro atoms. The Kier molecular flexibility index (Phi) is 6.89. The average Bonchev–Trinajstić information content (AvgIpc) is 2.56. The van der Waals surface area contributed by atoms with Crippen LogP contribution in [0.2, 0.25) is 10.0 Å². The average molecular weight is 417 g/mol. The Hall–Kier alpha value is -1.63. The smallest absolute Gasteiger partial charge is 0.317 e. The van der Waals surface area contributed by atoms with E-state index >= 15 is 0 Å². The Labute approximate surface area is 167 Å². The van der Waals surface area contributed by atoms with Crippen molar-refractivity contribution in [1.82, 2.24) is 0 Å². The molecule has 0 bridgehead atoms. The molecule has 27 heavy (non-hydrogen) atoms. The van der Waals surface area contributed by atoms with E-state index in [2.05, 4.69) is 0 Å². The van der Waals surface area contributed by atoms with Crippen LogP contribution in [0.25, 0.3) is 0 Å². The number of ether oxygens (including phenoxy) is 2. The molecular formula is C19H22Cl2O6. The molecule has 1 aliphatic carbocycles. The Morgan fingerprint density at radius 3 is 2.30 bits per heavy atom. The van der Waals surface area contributed by atoms with E-state index in [4.69, 9.17) is 32.7 Å². The largest absolute Gasteiger partial charge is 0.466 e. The van der Waals surface area contributed by atoms with Gasteiger partial charge in [0.1, 0.15) is 5.92 Å². The van der Waals surface area contributed by atoms with Crippen molar-refractivity contribution >= 4 is 40.9 Å². The zero-order chi connectivity index (χ0) is 20.4. The normalized spacial score (nSPS) is 27.9. The quantitative estimate of drug-likeness (QED) is 0.585. The second kappa shape index (κ2) is 8.59. The van der Waals surface area contributed by atoms with E-state index in [0.717, 1.165) is 0 Å². The van der Waals surface area contributed by atoms with Crippen LogP contribution >= 0.6 is 23.2 Å². The second-order valence-corrected chi connectivity index (χ2v) is 7.47. The number of Topliss-reactive ketones (excluding diaryl/α,β-unsaturated/α-hetero) is 1. The zero-order valence-corrected chi connectivity index (χ0v) is 16.8. The summed E-state index contributed by atoms with van der Waals surface area (Å²) in [5.41, 5.74) is -1.27. The van der Waals surface area contributed by atoms with E-state index in [1.165, 1.54) is 19.1 Å². The number of benzene rings is 1. The molecule has 0 radical (unpaired) electrons. The minimum atomic E-state index is -1.69. The second-order valence-electron chi connectivity index (χ2n) is 6.66. The third kappa shape index (κ3) is 4.45. The summed E-state index contributed by atoms with van der Waals surface area (Å²) < 4.78 is 10.2. The molecule has 0 aliphatic heterocycles. The lowest BCUT2D eigenvalue weighted by Gasteiger charge is -2.43. The van der Waals surface area contributed by atoms with E-state index in [-0.39, 0.29) is 29.7 Å². The van der Waals surface area contributed by atoms with Gasteiger partial charge in [-0.15, -0.1) is 0 Å². The van der Waals surface area contributed by atoms with Crippen LogP contribution in [-0.2, 0) is 23.9 Å². The molecule has 4 atom stereocenters. The highest BCUT2D eigenvalue weighted by Gasteiger charge is 2.57. The number of carbonyl (C=O) groups excluding carboxylic acids is 3. The molecule has 8 heteroatoms. The van der Waals surface area contributed by atoms with Crippen LogP contribution < -0.4 is 0 Å². The van der Waals surface area contributed by atoms with Crippen LogP contribution in [0.5, 0.6) is 0 Å². The molecule has 1 saturated carbocycles. The van der Waals surface area contributed by atoms with Gasteiger partial charge in [-0.1, -0.05) is 29.3 Å². The van der Waals surface area contributed by atoms with Gasteiger partial charge in [0, 0.05) is 12.3 Å². The predicted molar refractivity (Wildman–Crippen MR) is 99.7 cm³/mol. The number of halogens is 2. The van der Waals surface area contributed by atoms with E-state index in [1.807, 2.05) is 0 Å². The van der Waals surface area contributed by atoms with E-state index in [0.29, 0.717) is 5.56 Å². The first-order valence-corrected chi connectivity index (χ1v) is 9.42. The van der Waals surface area contributed by atoms with E-state index in [9.17, 15) is 19.5 Å². The Bertz CT molecular complexity index is 746. The molecule has 1 aromatic rings. The number of rotatable bonds is 5. The number of hydrogen-bond donors (Lipinski definition) is 1. The summed E-state index contributed by atoms with van der Waals surface area (Å²) in [6.07, 6.45) is -0.363. The van der Waals surface area contributed by atoms with Crippen molar-refractivity contribution in [3.8, 4) is 0 Å². The van der Waals surface area contributed by atoms with Crippen molar-refractivity contribution in [3.63, 3.8) is 0 Å². The van der Waals surface area contributed by atoms with Gasteiger partial charge in [0.05, 0.1) is 34.8 Å². The highest BCUT2D eigenvalue weighted by atomic mass is 35.5. The highest BCUT2D eigenvalue weighted by Crippen LogP contribution is 2.47. The molecule has 1 aromatic carbocycles. The maximum absolute atomic E-state index is 12.7. The third-order valence-corrected chi connectivity index (χ3v) is 5.42. The number of aliphatic hydroxyl groups is 1. The lowest BCUT2D eigenvalue weighted by Crippen LogP contribution is -2.55. The minimum Gasteiger partial charge on any atom is -0.466 e. The molecule has 0 saturated heterocycles. The Morgan fingerprint density at radius 2 is 1.74 bits per heavy atom. The third-order valence-electron chi connectivity index (χ3n) is 4.68. The fraction of sp³-hybridized carbons (Fsp3) is 0.526. The lowest BCUT2D eigenvalue weighted by atomic mass is 9.62. The first-order valence-electron chi connectivity index (χ1n) is 8.67. The van der Waals surface area contributed by atoms with Crippen molar-refractivity contribution in [1.29, 1.82) is 0 Å². The van der Waals surface area contributed by atoms with Crippen molar-refractivity contribution in [3.05, 3.63) is 33.8 Å². The summed E-state index contributed by atoms with van der Waals surface area (Å²) in [5, 5.41) is 11.3. The first-order chi connectivity index (χ1) is 12.6. The molecule has 0 unspecified atom stereocenters. The molecule has 2 rings (SSSR count).